The van der Waals surface area contributed by atoms with Crippen LogP contribution in [0.5, 0.6) is 0 Å². The molecule has 1 saturated heterocycles. The van der Waals surface area contributed by atoms with Crippen LogP contribution in [-0.4, -0.2) is 57.7 Å². The standard InChI is InChI=1S/C6H13NO5/c7-6(2-8)5(11)4(10)3(9)1-12-6/h3-5,8-11H,1-2,7H2/t3-,4+,5-,6?/m1/s1. The largest absolute Gasteiger partial charge is 0.392 e. The summed E-state index contributed by atoms with van der Waals surface area (Å²) in [6, 6.07) is 0. The zero-order valence-electron chi connectivity index (χ0n) is 6.42. The zero-order chi connectivity index (χ0) is 9.35. The summed E-state index contributed by atoms with van der Waals surface area (Å²) < 4.78 is 4.78. The van der Waals surface area contributed by atoms with Crippen molar-refractivity contribution in [1.29, 1.82) is 0 Å². The summed E-state index contributed by atoms with van der Waals surface area (Å²) >= 11 is 0. The number of ether oxygens (including phenoxy) is 1. The number of hydrogen-bond donors (Lipinski definition) is 5. The zero-order valence-corrected chi connectivity index (χ0v) is 6.42. The monoisotopic (exact) mass is 179 g/mol. The van der Waals surface area contributed by atoms with Crippen molar-refractivity contribution in [3.63, 3.8) is 0 Å². The van der Waals surface area contributed by atoms with Crippen LogP contribution < -0.4 is 5.73 Å². The van der Waals surface area contributed by atoms with Crippen LogP contribution in [0, 0.1) is 0 Å². The third kappa shape index (κ3) is 1.45. The molecule has 0 spiro atoms. The third-order valence-electron chi connectivity index (χ3n) is 1.99. The molecule has 0 aromatic carbocycles. The molecule has 72 valence electrons. The molecule has 1 aliphatic rings. The van der Waals surface area contributed by atoms with E-state index >= 15 is 0 Å². The van der Waals surface area contributed by atoms with E-state index in [1.807, 2.05) is 0 Å². The van der Waals surface area contributed by atoms with Crippen molar-refractivity contribution in [1.82, 2.24) is 0 Å². The first-order valence-electron chi connectivity index (χ1n) is 3.59. The molecule has 0 aliphatic carbocycles. The molecule has 0 bridgehead atoms. The highest BCUT2D eigenvalue weighted by Gasteiger charge is 2.46. The van der Waals surface area contributed by atoms with E-state index in [-0.39, 0.29) is 6.61 Å². The second-order valence-corrected chi connectivity index (χ2v) is 2.93. The van der Waals surface area contributed by atoms with Gasteiger partial charge in [-0.15, -0.1) is 0 Å². The number of aliphatic hydroxyl groups excluding tert-OH is 4. The van der Waals surface area contributed by atoms with Crippen molar-refractivity contribution in [3.05, 3.63) is 0 Å². The summed E-state index contributed by atoms with van der Waals surface area (Å²) in [5, 5.41) is 36.1. The molecule has 0 aromatic heterocycles. The summed E-state index contributed by atoms with van der Waals surface area (Å²) in [4.78, 5) is 0. The highest BCUT2D eigenvalue weighted by Crippen LogP contribution is 2.20. The van der Waals surface area contributed by atoms with E-state index in [0.717, 1.165) is 0 Å². The van der Waals surface area contributed by atoms with Crippen LogP contribution in [0.1, 0.15) is 0 Å². The minimum absolute atomic E-state index is 0.199. The van der Waals surface area contributed by atoms with E-state index in [2.05, 4.69) is 0 Å². The minimum atomic E-state index is -1.67. The molecule has 0 amide bonds. The molecule has 1 unspecified atom stereocenters. The summed E-state index contributed by atoms with van der Waals surface area (Å²) in [6.07, 6.45) is -4.02. The second-order valence-electron chi connectivity index (χ2n) is 2.93. The van der Waals surface area contributed by atoms with Crippen LogP contribution >= 0.6 is 0 Å². The van der Waals surface area contributed by atoms with Crippen molar-refractivity contribution in [2.75, 3.05) is 13.2 Å². The Morgan fingerprint density at radius 1 is 1.42 bits per heavy atom. The lowest BCUT2D eigenvalue weighted by molar-refractivity contribution is -0.244. The van der Waals surface area contributed by atoms with Gasteiger partial charge >= 0.3 is 0 Å². The first-order valence-corrected chi connectivity index (χ1v) is 3.59. The van der Waals surface area contributed by atoms with Crippen molar-refractivity contribution in [2.24, 2.45) is 5.73 Å². The van der Waals surface area contributed by atoms with Crippen LogP contribution in [0.25, 0.3) is 0 Å². The average molecular weight is 179 g/mol. The second kappa shape index (κ2) is 3.25. The van der Waals surface area contributed by atoms with Gasteiger partial charge in [0.2, 0.25) is 0 Å². The first-order chi connectivity index (χ1) is 5.51. The molecule has 4 atom stereocenters. The molecule has 12 heavy (non-hydrogen) atoms. The quantitative estimate of drug-likeness (QED) is 0.288. The summed E-state index contributed by atoms with van der Waals surface area (Å²) in [5.74, 6) is 0. The fourth-order valence-electron chi connectivity index (χ4n) is 1.06. The topological polar surface area (TPSA) is 116 Å². The number of nitrogens with two attached hydrogens (primary N) is 1. The molecule has 0 radical (unpaired) electrons. The Labute approximate surface area is 69.2 Å². The molecule has 6 heteroatoms. The van der Waals surface area contributed by atoms with Gasteiger partial charge in [0.05, 0.1) is 13.2 Å². The van der Waals surface area contributed by atoms with E-state index < -0.39 is 30.6 Å². The van der Waals surface area contributed by atoms with Gasteiger partial charge in [-0.05, 0) is 0 Å². The van der Waals surface area contributed by atoms with Gasteiger partial charge < -0.3 is 25.2 Å². The molecular weight excluding hydrogens is 166 g/mol. The summed E-state index contributed by atoms with van der Waals surface area (Å²) in [7, 11) is 0. The lowest BCUT2D eigenvalue weighted by Gasteiger charge is -2.41. The molecule has 6 N–H and O–H groups in total. The minimum Gasteiger partial charge on any atom is -0.392 e. The smallest absolute Gasteiger partial charge is 0.168 e. The van der Waals surface area contributed by atoms with Crippen LogP contribution in [0.4, 0.5) is 0 Å². The highest BCUT2D eigenvalue weighted by atomic mass is 16.6. The molecule has 1 aliphatic heterocycles. The Bertz CT molecular complexity index is 166. The average Bonchev–Trinajstić information content (AvgIpc) is 2.09. The van der Waals surface area contributed by atoms with Gasteiger partial charge in [-0.2, -0.15) is 0 Å². The van der Waals surface area contributed by atoms with Crippen LogP contribution in [-0.2, 0) is 4.74 Å². The molecule has 0 saturated carbocycles. The maximum absolute atomic E-state index is 9.25. The maximum atomic E-state index is 9.25. The Hall–Kier alpha value is -0.240. The van der Waals surface area contributed by atoms with Crippen molar-refractivity contribution in [3.8, 4) is 0 Å². The molecule has 0 aromatic rings. The first kappa shape index (κ1) is 9.85. The van der Waals surface area contributed by atoms with Gasteiger partial charge in [0.25, 0.3) is 0 Å². The van der Waals surface area contributed by atoms with E-state index in [0.29, 0.717) is 0 Å². The lowest BCUT2D eigenvalue weighted by Crippen LogP contribution is -2.67. The molecule has 1 fully saturated rings. The fraction of sp³-hybridized carbons (Fsp3) is 1.00. The Kier molecular flexibility index (Phi) is 2.67. The Morgan fingerprint density at radius 3 is 2.50 bits per heavy atom. The van der Waals surface area contributed by atoms with Gasteiger partial charge in [-0.3, -0.25) is 5.73 Å². The molecule has 1 heterocycles. The number of hydrogen-bond acceptors (Lipinski definition) is 6. The third-order valence-corrected chi connectivity index (χ3v) is 1.99. The van der Waals surface area contributed by atoms with Gasteiger partial charge in [-0.1, -0.05) is 0 Å². The van der Waals surface area contributed by atoms with Gasteiger partial charge in [0.15, 0.2) is 5.72 Å². The normalized spacial score (nSPS) is 49.2. The maximum Gasteiger partial charge on any atom is 0.168 e. The van der Waals surface area contributed by atoms with Crippen LogP contribution in [0.15, 0.2) is 0 Å². The van der Waals surface area contributed by atoms with E-state index in [1.54, 1.807) is 0 Å². The van der Waals surface area contributed by atoms with Crippen LogP contribution in [0.2, 0.25) is 0 Å². The molecule has 6 nitrogen and oxygen atoms in total. The molecule has 1 rings (SSSR count). The highest BCUT2D eigenvalue weighted by molar-refractivity contribution is 4.94. The summed E-state index contributed by atoms with van der Waals surface area (Å²) in [6.45, 7) is -0.812. The Balaban J connectivity index is 2.71. The van der Waals surface area contributed by atoms with Crippen molar-refractivity contribution < 1.29 is 25.2 Å². The predicted octanol–water partition coefficient (Wildman–Crippen LogP) is -3.25. The fourth-order valence-corrected chi connectivity index (χ4v) is 1.06. The predicted molar refractivity (Wildman–Crippen MR) is 38.0 cm³/mol. The lowest BCUT2D eigenvalue weighted by atomic mass is 9.96. The SMILES string of the molecule is NC1(CO)OC[C@@H](O)[C@H](O)[C@H]1O. The van der Waals surface area contributed by atoms with Gasteiger partial charge in [0.1, 0.15) is 18.3 Å². The van der Waals surface area contributed by atoms with Gasteiger partial charge in [0, 0.05) is 0 Å². The van der Waals surface area contributed by atoms with E-state index in [4.69, 9.17) is 25.8 Å². The number of aliphatic hydroxyl groups is 4. The van der Waals surface area contributed by atoms with E-state index in [1.165, 1.54) is 0 Å². The Morgan fingerprint density at radius 2 is 2.00 bits per heavy atom. The van der Waals surface area contributed by atoms with Crippen molar-refractivity contribution >= 4 is 0 Å². The van der Waals surface area contributed by atoms with E-state index in [9.17, 15) is 5.11 Å². The molecular formula is C6H13NO5. The summed E-state index contributed by atoms with van der Waals surface area (Å²) in [5.41, 5.74) is 3.69. The van der Waals surface area contributed by atoms with Gasteiger partial charge in [-0.25, -0.2) is 0 Å². The van der Waals surface area contributed by atoms with Crippen LogP contribution in [0.3, 0.4) is 0 Å². The van der Waals surface area contributed by atoms with Crippen molar-refractivity contribution in [2.45, 2.75) is 24.0 Å². The number of rotatable bonds is 1.